The molecule has 1 rings (SSSR count). The summed E-state index contributed by atoms with van der Waals surface area (Å²) in [6.45, 7) is 6.00. The van der Waals surface area contributed by atoms with Crippen molar-refractivity contribution in [2.24, 2.45) is 0 Å². The number of ether oxygens (including phenoxy) is 1. The topological polar surface area (TPSA) is 41.5 Å². The largest absolute Gasteiger partial charge is 0.394 e. The van der Waals surface area contributed by atoms with Crippen LogP contribution < -0.4 is 5.32 Å². The van der Waals surface area contributed by atoms with Gasteiger partial charge in [-0.3, -0.25) is 0 Å². The molecule has 0 radical (unpaired) electrons. The van der Waals surface area contributed by atoms with E-state index in [1.165, 1.54) is 11.1 Å². The molecule has 0 aromatic heterocycles. The van der Waals surface area contributed by atoms with E-state index in [0.717, 1.165) is 16.7 Å². The molecule has 0 aliphatic rings. The van der Waals surface area contributed by atoms with E-state index in [9.17, 15) is 0 Å². The second-order valence-corrected chi connectivity index (χ2v) is 4.59. The fraction of sp³-hybridized carbons (Fsp3) is 0.500. The third-order valence-corrected chi connectivity index (χ3v) is 2.74. The van der Waals surface area contributed by atoms with Gasteiger partial charge >= 0.3 is 0 Å². The molecule has 0 heterocycles. The summed E-state index contributed by atoms with van der Waals surface area (Å²) in [5, 5.41) is 11.9. The number of benzene rings is 1. The van der Waals surface area contributed by atoms with Gasteiger partial charge in [-0.2, -0.15) is 0 Å². The Balaban J connectivity index is 2.47. The molecular weight excluding hydrogens is 270 g/mol. The summed E-state index contributed by atoms with van der Waals surface area (Å²) in [5.74, 6) is 0. The molecule has 0 saturated heterocycles. The third-order valence-electron chi connectivity index (χ3n) is 2.28. The van der Waals surface area contributed by atoms with Gasteiger partial charge in [0.1, 0.15) is 0 Å². The van der Waals surface area contributed by atoms with E-state index in [0.29, 0.717) is 13.2 Å². The SMILES string of the molecule is Cc1cc(Br)cc(C)c1NCCOCCO. The molecule has 0 amide bonds. The number of hydrogen-bond donors (Lipinski definition) is 2. The quantitative estimate of drug-likeness (QED) is 0.790. The number of anilines is 1. The Morgan fingerprint density at radius 2 is 1.88 bits per heavy atom. The predicted molar refractivity (Wildman–Crippen MR) is 70.0 cm³/mol. The maximum atomic E-state index is 8.55. The van der Waals surface area contributed by atoms with Gasteiger partial charge in [0.2, 0.25) is 0 Å². The van der Waals surface area contributed by atoms with Gasteiger partial charge in [0.15, 0.2) is 0 Å². The number of hydrogen-bond acceptors (Lipinski definition) is 3. The Morgan fingerprint density at radius 3 is 2.44 bits per heavy atom. The number of rotatable bonds is 6. The van der Waals surface area contributed by atoms with E-state index in [1.54, 1.807) is 0 Å². The van der Waals surface area contributed by atoms with Crippen molar-refractivity contribution in [3.8, 4) is 0 Å². The van der Waals surface area contributed by atoms with Gasteiger partial charge in [-0.1, -0.05) is 15.9 Å². The summed E-state index contributed by atoms with van der Waals surface area (Å²) in [6.07, 6.45) is 0. The van der Waals surface area contributed by atoms with Crippen molar-refractivity contribution in [2.45, 2.75) is 13.8 Å². The van der Waals surface area contributed by atoms with Crippen molar-refractivity contribution in [3.63, 3.8) is 0 Å². The average molecular weight is 288 g/mol. The lowest BCUT2D eigenvalue weighted by Crippen LogP contribution is -2.12. The van der Waals surface area contributed by atoms with Crippen molar-refractivity contribution in [1.82, 2.24) is 0 Å². The zero-order valence-corrected chi connectivity index (χ0v) is 11.3. The molecule has 2 N–H and O–H groups in total. The normalized spacial score (nSPS) is 10.5. The highest BCUT2D eigenvalue weighted by atomic mass is 79.9. The van der Waals surface area contributed by atoms with E-state index in [1.807, 2.05) is 0 Å². The molecule has 0 saturated carbocycles. The molecule has 0 unspecified atom stereocenters. The van der Waals surface area contributed by atoms with Crippen LogP contribution >= 0.6 is 15.9 Å². The fourth-order valence-electron chi connectivity index (χ4n) is 1.60. The Morgan fingerprint density at radius 1 is 1.25 bits per heavy atom. The fourth-order valence-corrected chi connectivity index (χ4v) is 2.29. The van der Waals surface area contributed by atoms with Crippen molar-refractivity contribution in [3.05, 3.63) is 27.7 Å². The lowest BCUT2D eigenvalue weighted by Gasteiger charge is -2.13. The minimum Gasteiger partial charge on any atom is -0.394 e. The maximum Gasteiger partial charge on any atom is 0.0698 e. The molecule has 0 aliphatic heterocycles. The van der Waals surface area contributed by atoms with Crippen molar-refractivity contribution in [2.75, 3.05) is 31.7 Å². The van der Waals surface area contributed by atoms with Crippen LogP contribution in [0.4, 0.5) is 5.69 Å². The first-order chi connectivity index (χ1) is 7.65. The van der Waals surface area contributed by atoms with E-state index < -0.39 is 0 Å². The lowest BCUT2D eigenvalue weighted by atomic mass is 10.1. The number of nitrogens with one attached hydrogen (secondary N) is 1. The number of aliphatic hydroxyl groups excluding tert-OH is 1. The van der Waals surface area contributed by atoms with Crippen LogP contribution in [0.1, 0.15) is 11.1 Å². The molecular formula is C12H18BrNO2. The molecule has 90 valence electrons. The zero-order valence-electron chi connectivity index (χ0n) is 9.72. The summed E-state index contributed by atoms with van der Waals surface area (Å²) in [6, 6.07) is 4.17. The summed E-state index contributed by atoms with van der Waals surface area (Å²) in [4.78, 5) is 0. The third kappa shape index (κ3) is 4.12. The van der Waals surface area contributed by atoms with Gasteiger partial charge in [0.25, 0.3) is 0 Å². The Labute approximate surface area is 105 Å². The van der Waals surface area contributed by atoms with E-state index in [-0.39, 0.29) is 6.61 Å². The Hall–Kier alpha value is -0.580. The van der Waals surface area contributed by atoms with Gasteiger partial charge in [-0.25, -0.2) is 0 Å². The van der Waals surface area contributed by atoms with Gasteiger partial charge in [-0.15, -0.1) is 0 Å². The van der Waals surface area contributed by atoms with Gasteiger partial charge in [0, 0.05) is 16.7 Å². The molecule has 4 heteroatoms. The summed E-state index contributed by atoms with van der Waals surface area (Å²) >= 11 is 3.47. The summed E-state index contributed by atoms with van der Waals surface area (Å²) in [7, 11) is 0. The van der Waals surface area contributed by atoms with Gasteiger partial charge in [0.05, 0.1) is 19.8 Å². The molecule has 0 atom stereocenters. The average Bonchev–Trinajstić information content (AvgIpc) is 2.20. The highest BCUT2D eigenvalue weighted by Crippen LogP contribution is 2.24. The van der Waals surface area contributed by atoms with Crippen molar-refractivity contribution in [1.29, 1.82) is 0 Å². The minimum absolute atomic E-state index is 0.0797. The zero-order chi connectivity index (χ0) is 12.0. The smallest absolute Gasteiger partial charge is 0.0698 e. The summed E-state index contributed by atoms with van der Waals surface area (Å²) in [5.41, 5.74) is 3.60. The molecule has 16 heavy (non-hydrogen) atoms. The van der Waals surface area contributed by atoms with Crippen LogP contribution in [0.2, 0.25) is 0 Å². The molecule has 0 spiro atoms. The van der Waals surface area contributed by atoms with Crippen LogP contribution in [0.15, 0.2) is 16.6 Å². The highest BCUT2D eigenvalue weighted by Gasteiger charge is 2.03. The lowest BCUT2D eigenvalue weighted by molar-refractivity contribution is 0.0992. The number of aliphatic hydroxyl groups is 1. The molecule has 0 bridgehead atoms. The van der Waals surface area contributed by atoms with Crippen LogP contribution in [0.3, 0.4) is 0 Å². The van der Waals surface area contributed by atoms with Crippen LogP contribution in [0, 0.1) is 13.8 Å². The van der Waals surface area contributed by atoms with Crippen molar-refractivity contribution < 1.29 is 9.84 Å². The Kier molecular flexibility index (Phi) is 5.80. The standard InChI is InChI=1S/C12H18BrNO2/c1-9-7-11(13)8-10(2)12(9)14-3-5-16-6-4-15/h7-8,14-15H,3-6H2,1-2H3. The van der Waals surface area contributed by atoms with E-state index >= 15 is 0 Å². The van der Waals surface area contributed by atoms with Crippen LogP contribution in [0.25, 0.3) is 0 Å². The minimum atomic E-state index is 0.0797. The molecule has 0 fully saturated rings. The monoisotopic (exact) mass is 287 g/mol. The van der Waals surface area contributed by atoms with Crippen LogP contribution in [-0.4, -0.2) is 31.5 Å². The van der Waals surface area contributed by atoms with Crippen LogP contribution in [0.5, 0.6) is 0 Å². The predicted octanol–water partition coefficient (Wildman–Crippen LogP) is 2.49. The second-order valence-electron chi connectivity index (χ2n) is 3.68. The molecule has 1 aromatic rings. The molecule has 1 aromatic carbocycles. The molecule has 0 aliphatic carbocycles. The highest BCUT2D eigenvalue weighted by molar-refractivity contribution is 9.10. The number of halogens is 1. The first kappa shape index (κ1) is 13.5. The maximum absolute atomic E-state index is 8.55. The first-order valence-electron chi connectivity index (χ1n) is 5.34. The molecule has 3 nitrogen and oxygen atoms in total. The van der Waals surface area contributed by atoms with E-state index in [2.05, 4.69) is 47.2 Å². The Bertz CT molecular complexity index is 319. The van der Waals surface area contributed by atoms with Gasteiger partial charge in [-0.05, 0) is 37.1 Å². The van der Waals surface area contributed by atoms with Crippen LogP contribution in [-0.2, 0) is 4.74 Å². The van der Waals surface area contributed by atoms with Crippen molar-refractivity contribution >= 4 is 21.6 Å². The van der Waals surface area contributed by atoms with Gasteiger partial charge < -0.3 is 15.2 Å². The van der Waals surface area contributed by atoms with E-state index in [4.69, 9.17) is 9.84 Å². The summed E-state index contributed by atoms with van der Waals surface area (Å²) < 4.78 is 6.29. The number of aryl methyl sites for hydroxylation is 2. The second kappa shape index (κ2) is 6.89. The first-order valence-corrected chi connectivity index (χ1v) is 6.13.